The van der Waals surface area contributed by atoms with Gasteiger partial charge in [-0.15, -0.1) is 11.3 Å². The largest absolute Gasteiger partial charge is 0.383 e. The van der Waals surface area contributed by atoms with Gasteiger partial charge >= 0.3 is 0 Å². The second kappa shape index (κ2) is 3.99. The molecule has 18 heavy (non-hydrogen) atoms. The van der Waals surface area contributed by atoms with Crippen molar-refractivity contribution in [3.05, 3.63) is 35.2 Å². The van der Waals surface area contributed by atoms with Gasteiger partial charge in [-0.1, -0.05) is 0 Å². The monoisotopic (exact) mass is 260 g/mol. The number of pyridine rings is 1. The molecule has 3 aromatic rings. The summed E-state index contributed by atoms with van der Waals surface area (Å²) in [6, 6.07) is 3.47. The SMILES string of the molecule is Cc1cc2c(N)nc(-c3ccncc3F)nc2s1. The van der Waals surface area contributed by atoms with E-state index in [1.807, 2.05) is 13.0 Å². The van der Waals surface area contributed by atoms with E-state index in [4.69, 9.17) is 5.73 Å². The Bertz CT molecular complexity index is 738. The van der Waals surface area contributed by atoms with E-state index in [2.05, 4.69) is 15.0 Å². The average molecular weight is 260 g/mol. The first-order valence-corrected chi connectivity index (χ1v) is 6.10. The van der Waals surface area contributed by atoms with Gasteiger partial charge < -0.3 is 5.73 Å². The van der Waals surface area contributed by atoms with Crippen LogP contribution in [0.2, 0.25) is 0 Å². The number of thiophene rings is 1. The van der Waals surface area contributed by atoms with Crippen LogP contribution in [0.4, 0.5) is 10.2 Å². The third-order valence-corrected chi connectivity index (χ3v) is 3.50. The van der Waals surface area contributed by atoms with Gasteiger partial charge in [0.15, 0.2) is 11.6 Å². The Morgan fingerprint density at radius 3 is 2.94 bits per heavy atom. The van der Waals surface area contributed by atoms with Crippen LogP contribution in [0.25, 0.3) is 21.6 Å². The second-order valence-electron chi connectivity index (χ2n) is 3.86. The Labute approximate surface area is 106 Å². The highest BCUT2D eigenvalue weighted by atomic mass is 32.1. The third kappa shape index (κ3) is 1.70. The van der Waals surface area contributed by atoms with E-state index in [0.29, 0.717) is 17.2 Å². The lowest BCUT2D eigenvalue weighted by Gasteiger charge is -2.03. The summed E-state index contributed by atoms with van der Waals surface area (Å²) in [6.45, 7) is 1.97. The van der Waals surface area contributed by atoms with Gasteiger partial charge in [-0.2, -0.15) is 0 Å². The zero-order chi connectivity index (χ0) is 12.7. The molecule has 0 amide bonds. The van der Waals surface area contributed by atoms with Crippen molar-refractivity contribution >= 4 is 27.4 Å². The number of nitrogen functional groups attached to an aromatic ring is 1. The molecule has 3 aromatic heterocycles. The molecule has 0 aliphatic carbocycles. The number of hydrogen-bond acceptors (Lipinski definition) is 5. The summed E-state index contributed by atoms with van der Waals surface area (Å²) >= 11 is 1.51. The van der Waals surface area contributed by atoms with Crippen LogP contribution in [-0.4, -0.2) is 15.0 Å². The molecule has 0 aliphatic heterocycles. The molecule has 0 radical (unpaired) electrons. The van der Waals surface area contributed by atoms with Gasteiger partial charge in [0.05, 0.1) is 17.1 Å². The number of aromatic nitrogens is 3. The number of hydrogen-bond donors (Lipinski definition) is 1. The molecule has 0 unspecified atom stereocenters. The minimum Gasteiger partial charge on any atom is -0.383 e. The normalized spacial score (nSPS) is 11.0. The molecule has 0 saturated heterocycles. The lowest BCUT2D eigenvalue weighted by Crippen LogP contribution is -1.97. The van der Waals surface area contributed by atoms with Crippen molar-refractivity contribution in [2.45, 2.75) is 6.92 Å². The molecule has 0 bridgehead atoms. The van der Waals surface area contributed by atoms with Crippen LogP contribution in [0.5, 0.6) is 0 Å². The quantitative estimate of drug-likeness (QED) is 0.730. The first kappa shape index (κ1) is 11.0. The summed E-state index contributed by atoms with van der Waals surface area (Å²) < 4.78 is 13.6. The van der Waals surface area contributed by atoms with Crippen LogP contribution < -0.4 is 5.73 Å². The summed E-state index contributed by atoms with van der Waals surface area (Å²) in [6.07, 6.45) is 2.64. The Morgan fingerprint density at radius 2 is 2.17 bits per heavy atom. The van der Waals surface area contributed by atoms with Crippen molar-refractivity contribution in [1.82, 2.24) is 15.0 Å². The molecular weight excluding hydrogens is 251 g/mol. The molecule has 0 aliphatic rings. The maximum atomic E-state index is 13.6. The smallest absolute Gasteiger partial charge is 0.166 e. The summed E-state index contributed by atoms with van der Waals surface area (Å²) in [5, 5.41) is 0.815. The minimum atomic E-state index is -0.454. The molecule has 0 aromatic carbocycles. The predicted molar refractivity (Wildman–Crippen MR) is 69.8 cm³/mol. The van der Waals surface area contributed by atoms with Gasteiger partial charge in [-0.3, -0.25) is 4.98 Å². The molecule has 3 heterocycles. The van der Waals surface area contributed by atoms with Crippen LogP contribution in [0.15, 0.2) is 24.5 Å². The lowest BCUT2D eigenvalue weighted by molar-refractivity contribution is 0.624. The van der Waals surface area contributed by atoms with E-state index in [0.717, 1.165) is 21.3 Å². The van der Waals surface area contributed by atoms with E-state index in [-0.39, 0.29) is 0 Å². The fourth-order valence-corrected chi connectivity index (χ4v) is 2.63. The molecule has 3 rings (SSSR count). The second-order valence-corrected chi connectivity index (χ2v) is 5.10. The summed E-state index contributed by atoms with van der Waals surface area (Å²) in [5.41, 5.74) is 6.19. The predicted octanol–water partition coefficient (Wildman–Crippen LogP) is 2.78. The van der Waals surface area contributed by atoms with Gasteiger partial charge in [0.1, 0.15) is 10.6 Å². The molecule has 0 spiro atoms. The standard InChI is InChI=1S/C12H9FN4S/c1-6-4-8-10(14)16-11(17-12(8)18-6)7-2-3-15-5-9(7)13/h2-5H,1H3,(H2,14,16,17). The summed E-state index contributed by atoms with van der Waals surface area (Å²) in [4.78, 5) is 14.1. The molecule has 6 heteroatoms. The first-order chi connectivity index (χ1) is 8.65. The number of nitrogens with zero attached hydrogens (tertiary/aromatic N) is 3. The number of fused-ring (bicyclic) bond motifs is 1. The van der Waals surface area contributed by atoms with Gasteiger partial charge in [0.25, 0.3) is 0 Å². The number of nitrogens with two attached hydrogens (primary N) is 1. The first-order valence-electron chi connectivity index (χ1n) is 5.28. The molecule has 0 fully saturated rings. The average Bonchev–Trinajstić information content (AvgIpc) is 2.71. The number of rotatable bonds is 1. The molecule has 0 saturated carbocycles. The molecule has 2 N–H and O–H groups in total. The Balaban J connectivity index is 2.28. The molecule has 0 atom stereocenters. The lowest BCUT2D eigenvalue weighted by atomic mass is 10.2. The fraction of sp³-hybridized carbons (Fsp3) is 0.0833. The molecule has 90 valence electrons. The minimum absolute atomic E-state index is 0.293. The fourth-order valence-electron chi connectivity index (χ4n) is 1.74. The third-order valence-electron chi connectivity index (χ3n) is 2.56. The van der Waals surface area contributed by atoms with E-state index in [1.54, 1.807) is 0 Å². The van der Waals surface area contributed by atoms with E-state index >= 15 is 0 Å². The molecule has 4 nitrogen and oxygen atoms in total. The van der Waals surface area contributed by atoms with Crippen LogP contribution in [-0.2, 0) is 0 Å². The van der Waals surface area contributed by atoms with Crippen molar-refractivity contribution in [3.63, 3.8) is 0 Å². The van der Waals surface area contributed by atoms with Gasteiger partial charge in [0.2, 0.25) is 0 Å². The Hall–Kier alpha value is -2.08. The Morgan fingerprint density at radius 1 is 1.33 bits per heavy atom. The van der Waals surface area contributed by atoms with E-state index in [1.165, 1.54) is 23.6 Å². The van der Waals surface area contributed by atoms with Gasteiger partial charge in [0, 0.05) is 11.1 Å². The summed E-state index contributed by atoms with van der Waals surface area (Å²) in [7, 11) is 0. The number of anilines is 1. The van der Waals surface area contributed by atoms with E-state index < -0.39 is 5.82 Å². The van der Waals surface area contributed by atoms with Gasteiger partial charge in [-0.25, -0.2) is 14.4 Å². The topological polar surface area (TPSA) is 64.7 Å². The summed E-state index contributed by atoms with van der Waals surface area (Å²) in [5.74, 6) is 0.210. The van der Waals surface area contributed by atoms with Crippen molar-refractivity contribution in [2.75, 3.05) is 5.73 Å². The van der Waals surface area contributed by atoms with Crippen molar-refractivity contribution in [2.24, 2.45) is 0 Å². The number of halogens is 1. The van der Waals surface area contributed by atoms with Crippen molar-refractivity contribution in [3.8, 4) is 11.4 Å². The zero-order valence-corrected chi connectivity index (χ0v) is 10.3. The zero-order valence-electron chi connectivity index (χ0n) is 9.51. The van der Waals surface area contributed by atoms with Crippen LogP contribution in [0.3, 0.4) is 0 Å². The Kier molecular flexibility index (Phi) is 2.45. The maximum Gasteiger partial charge on any atom is 0.166 e. The van der Waals surface area contributed by atoms with Crippen molar-refractivity contribution in [1.29, 1.82) is 0 Å². The van der Waals surface area contributed by atoms with Gasteiger partial charge in [-0.05, 0) is 19.1 Å². The van der Waals surface area contributed by atoms with Crippen molar-refractivity contribution < 1.29 is 4.39 Å². The molecular formula is C12H9FN4S. The highest BCUT2D eigenvalue weighted by Crippen LogP contribution is 2.29. The van der Waals surface area contributed by atoms with Crippen LogP contribution in [0.1, 0.15) is 4.88 Å². The van der Waals surface area contributed by atoms with Crippen LogP contribution in [0, 0.1) is 12.7 Å². The highest BCUT2D eigenvalue weighted by Gasteiger charge is 2.12. The number of aryl methyl sites for hydroxylation is 1. The van der Waals surface area contributed by atoms with E-state index in [9.17, 15) is 4.39 Å². The highest BCUT2D eigenvalue weighted by molar-refractivity contribution is 7.18. The van der Waals surface area contributed by atoms with Crippen LogP contribution >= 0.6 is 11.3 Å². The maximum absolute atomic E-state index is 13.6.